The van der Waals surface area contributed by atoms with E-state index in [1.54, 1.807) is 0 Å². The van der Waals surface area contributed by atoms with Crippen LogP contribution in [-0.2, 0) is 14.8 Å². The Hall–Kier alpha value is -1.54. The first-order valence-electron chi connectivity index (χ1n) is 8.74. The summed E-state index contributed by atoms with van der Waals surface area (Å²) in [6.07, 6.45) is 2.85. The number of carbonyl (C=O) groups excluding carboxylic acids is 1. The molecule has 1 aliphatic rings. The van der Waals surface area contributed by atoms with E-state index in [1.807, 2.05) is 4.90 Å². The first kappa shape index (κ1) is 20.8. The average molecular weight is 388 g/mol. The lowest BCUT2D eigenvalue weighted by Gasteiger charge is -2.30. The number of nitrogens with one attached hydrogen (secondary N) is 1. The minimum atomic E-state index is -3.99. The standard InChI is InChI=1S/C18H26F2N2O3S/c1-18(2,3)12-13-5-4-10-22(13)17(23)8-9-21-26(24,25)14-6-7-15(19)16(20)11-14/h6-7,11,13,21H,4-5,8-10,12H2,1-3H3. The van der Waals surface area contributed by atoms with E-state index in [0.717, 1.165) is 31.4 Å². The Kier molecular flexibility index (Phi) is 6.39. The zero-order chi connectivity index (χ0) is 19.5. The second-order valence-corrected chi connectivity index (χ2v) is 9.64. The minimum absolute atomic E-state index is 0.0313. The van der Waals surface area contributed by atoms with Crippen LogP contribution in [0.2, 0.25) is 0 Å². The Labute approximate surface area is 153 Å². The fraction of sp³-hybridized carbons (Fsp3) is 0.611. The quantitative estimate of drug-likeness (QED) is 0.815. The molecule has 1 atom stereocenters. The molecule has 1 aromatic rings. The monoisotopic (exact) mass is 388 g/mol. The molecule has 26 heavy (non-hydrogen) atoms. The molecule has 1 unspecified atom stereocenters. The van der Waals surface area contributed by atoms with Gasteiger partial charge in [0.1, 0.15) is 0 Å². The van der Waals surface area contributed by atoms with Crippen molar-refractivity contribution in [1.82, 2.24) is 9.62 Å². The van der Waals surface area contributed by atoms with Crippen LogP contribution in [0.1, 0.15) is 46.5 Å². The number of rotatable bonds is 6. The summed E-state index contributed by atoms with van der Waals surface area (Å²) in [5.74, 6) is -2.44. The van der Waals surface area contributed by atoms with Gasteiger partial charge in [0, 0.05) is 25.6 Å². The lowest BCUT2D eigenvalue weighted by molar-refractivity contribution is -0.132. The largest absolute Gasteiger partial charge is 0.340 e. The molecule has 1 saturated heterocycles. The smallest absolute Gasteiger partial charge is 0.240 e. The van der Waals surface area contributed by atoms with E-state index in [-0.39, 0.29) is 35.2 Å². The highest BCUT2D eigenvalue weighted by molar-refractivity contribution is 7.89. The van der Waals surface area contributed by atoms with Gasteiger partial charge in [0.05, 0.1) is 4.90 Å². The molecule has 0 saturated carbocycles. The van der Waals surface area contributed by atoms with Crippen LogP contribution in [0, 0.1) is 17.0 Å². The lowest BCUT2D eigenvalue weighted by atomic mass is 9.87. The third-order valence-corrected chi connectivity index (χ3v) is 5.84. The number of likely N-dealkylation sites (tertiary alicyclic amines) is 1. The van der Waals surface area contributed by atoms with Gasteiger partial charge in [0.2, 0.25) is 15.9 Å². The summed E-state index contributed by atoms with van der Waals surface area (Å²) in [7, 11) is -3.99. The molecule has 1 amide bonds. The van der Waals surface area contributed by atoms with E-state index in [2.05, 4.69) is 25.5 Å². The van der Waals surface area contributed by atoms with Crippen molar-refractivity contribution in [2.45, 2.75) is 57.4 Å². The molecule has 1 fully saturated rings. The first-order chi connectivity index (χ1) is 12.0. The van der Waals surface area contributed by atoms with Crippen LogP contribution in [-0.4, -0.2) is 38.4 Å². The summed E-state index contributed by atoms with van der Waals surface area (Å²) in [5, 5.41) is 0. The number of halogens is 2. The van der Waals surface area contributed by atoms with Gasteiger partial charge in [-0.3, -0.25) is 4.79 Å². The number of sulfonamides is 1. The van der Waals surface area contributed by atoms with Gasteiger partial charge in [-0.05, 0) is 42.9 Å². The molecule has 0 spiro atoms. The van der Waals surface area contributed by atoms with Gasteiger partial charge in [0.25, 0.3) is 0 Å². The zero-order valence-electron chi connectivity index (χ0n) is 15.4. The summed E-state index contributed by atoms with van der Waals surface area (Å²) < 4.78 is 52.7. The molecular formula is C18H26F2N2O3S. The van der Waals surface area contributed by atoms with Gasteiger partial charge < -0.3 is 4.90 Å². The van der Waals surface area contributed by atoms with Gasteiger partial charge in [-0.2, -0.15) is 0 Å². The Morgan fingerprint density at radius 3 is 2.58 bits per heavy atom. The van der Waals surface area contributed by atoms with Crippen molar-refractivity contribution in [3.63, 3.8) is 0 Å². The van der Waals surface area contributed by atoms with Crippen molar-refractivity contribution >= 4 is 15.9 Å². The van der Waals surface area contributed by atoms with E-state index in [9.17, 15) is 22.0 Å². The maximum Gasteiger partial charge on any atom is 0.240 e. The highest BCUT2D eigenvalue weighted by Gasteiger charge is 2.31. The molecule has 0 bridgehead atoms. The van der Waals surface area contributed by atoms with Crippen LogP contribution in [0.15, 0.2) is 23.1 Å². The second-order valence-electron chi connectivity index (χ2n) is 7.87. The minimum Gasteiger partial charge on any atom is -0.340 e. The summed E-state index contributed by atoms with van der Waals surface area (Å²) in [6.45, 7) is 6.99. The summed E-state index contributed by atoms with van der Waals surface area (Å²) >= 11 is 0. The SMILES string of the molecule is CC(C)(C)CC1CCCN1C(=O)CCNS(=O)(=O)c1ccc(F)c(F)c1. The third kappa shape index (κ3) is 5.48. The molecule has 1 aromatic carbocycles. The summed E-state index contributed by atoms with van der Waals surface area (Å²) in [6, 6.07) is 2.56. The van der Waals surface area contributed by atoms with Crippen LogP contribution >= 0.6 is 0 Å². The van der Waals surface area contributed by atoms with Crippen LogP contribution in [0.4, 0.5) is 8.78 Å². The molecule has 8 heteroatoms. The van der Waals surface area contributed by atoms with E-state index in [4.69, 9.17) is 0 Å². The van der Waals surface area contributed by atoms with Gasteiger partial charge in [-0.25, -0.2) is 21.9 Å². The highest BCUT2D eigenvalue weighted by Crippen LogP contribution is 2.30. The van der Waals surface area contributed by atoms with Crippen molar-refractivity contribution in [2.75, 3.05) is 13.1 Å². The molecule has 2 rings (SSSR count). The Balaban J connectivity index is 1.92. The van der Waals surface area contributed by atoms with Crippen LogP contribution < -0.4 is 4.72 Å². The fourth-order valence-electron chi connectivity index (χ4n) is 3.25. The maximum absolute atomic E-state index is 13.2. The van der Waals surface area contributed by atoms with Crippen molar-refractivity contribution in [1.29, 1.82) is 0 Å². The molecule has 0 aromatic heterocycles. The Morgan fingerprint density at radius 1 is 1.27 bits per heavy atom. The first-order valence-corrected chi connectivity index (χ1v) is 10.2. The van der Waals surface area contributed by atoms with Gasteiger partial charge >= 0.3 is 0 Å². The van der Waals surface area contributed by atoms with Gasteiger partial charge in [-0.15, -0.1) is 0 Å². The predicted octanol–water partition coefficient (Wildman–Crippen LogP) is 3.06. The van der Waals surface area contributed by atoms with Gasteiger partial charge in [0.15, 0.2) is 11.6 Å². The molecule has 0 aliphatic carbocycles. The number of hydrogen-bond donors (Lipinski definition) is 1. The van der Waals surface area contributed by atoms with Gasteiger partial charge in [-0.1, -0.05) is 20.8 Å². The topological polar surface area (TPSA) is 66.5 Å². The third-order valence-electron chi connectivity index (χ3n) is 4.38. The molecular weight excluding hydrogens is 362 g/mol. The van der Waals surface area contributed by atoms with E-state index in [0.29, 0.717) is 12.6 Å². The van der Waals surface area contributed by atoms with Crippen molar-refractivity contribution < 1.29 is 22.0 Å². The van der Waals surface area contributed by atoms with Crippen LogP contribution in [0.25, 0.3) is 0 Å². The van der Waals surface area contributed by atoms with Crippen LogP contribution in [0.5, 0.6) is 0 Å². The maximum atomic E-state index is 13.2. The Bertz CT molecular complexity index is 760. The van der Waals surface area contributed by atoms with Crippen molar-refractivity contribution in [3.8, 4) is 0 Å². The number of nitrogens with zero attached hydrogens (tertiary/aromatic N) is 1. The van der Waals surface area contributed by atoms with Crippen molar-refractivity contribution in [2.24, 2.45) is 5.41 Å². The fourth-order valence-corrected chi connectivity index (χ4v) is 4.29. The van der Waals surface area contributed by atoms with Crippen molar-refractivity contribution in [3.05, 3.63) is 29.8 Å². The summed E-state index contributed by atoms with van der Waals surface area (Å²) in [5.41, 5.74) is 0.113. The van der Waals surface area contributed by atoms with E-state index >= 15 is 0 Å². The van der Waals surface area contributed by atoms with E-state index < -0.39 is 21.7 Å². The molecule has 1 heterocycles. The molecule has 1 N–H and O–H groups in total. The summed E-state index contributed by atoms with van der Waals surface area (Å²) in [4.78, 5) is 13.9. The molecule has 1 aliphatic heterocycles. The van der Waals surface area contributed by atoms with Crippen LogP contribution in [0.3, 0.4) is 0 Å². The van der Waals surface area contributed by atoms with E-state index in [1.165, 1.54) is 0 Å². The normalized spacial score (nSPS) is 18.3. The zero-order valence-corrected chi connectivity index (χ0v) is 16.2. The molecule has 0 radical (unpaired) electrons. The highest BCUT2D eigenvalue weighted by atomic mass is 32.2. The number of carbonyl (C=O) groups is 1. The second kappa shape index (κ2) is 8.00. The molecule has 146 valence electrons. The number of amides is 1. The number of benzene rings is 1. The lowest BCUT2D eigenvalue weighted by Crippen LogP contribution is -2.39. The predicted molar refractivity (Wildman–Crippen MR) is 95.0 cm³/mol. The molecule has 5 nitrogen and oxygen atoms in total. The number of hydrogen-bond acceptors (Lipinski definition) is 3. The Morgan fingerprint density at radius 2 is 1.96 bits per heavy atom. The average Bonchev–Trinajstić information content (AvgIpc) is 2.95.